The van der Waals surface area contributed by atoms with Gasteiger partial charge in [-0.1, -0.05) is 18.2 Å². The largest absolute Gasteiger partial charge is 1.00 e. The number of halogens is 1. The van der Waals surface area contributed by atoms with Crippen LogP contribution in [0.15, 0.2) is 18.2 Å². The first-order valence-electron chi connectivity index (χ1n) is 2.15. The van der Waals surface area contributed by atoms with Gasteiger partial charge >= 0.3 is 27.7 Å². The van der Waals surface area contributed by atoms with Gasteiger partial charge in [0.05, 0.1) is 5.92 Å². The standard InChI is InChI=1S/C6H5O.ClH.Hg/c7-5-6-3-1-2-4-6;;/h1-3,5-6H;1H;/q;;+1/p-1. The van der Waals surface area contributed by atoms with Crippen molar-refractivity contribution < 1.29 is 44.9 Å². The predicted octanol–water partition coefficient (Wildman–Crippen LogP) is -2.27. The third-order valence-electron chi connectivity index (χ3n) is 0.850. The third-order valence-corrected chi connectivity index (χ3v) is 0.850. The minimum absolute atomic E-state index is 0. The normalized spacial score (nSPS) is 14.2. The summed E-state index contributed by atoms with van der Waals surface area (Å²) in [7, 11) is 0. The van der Waals surface area contributed by atoms with Crippen LogP contribution >= 0.6 is 0 Å². The molecule has 1 rings (SSSR count). The summed E-state index contributed by atoms with van der Waals surface area (Å²) in [5.74, 6) is -0.0694. The van der Waals surface area contributed by atoms with E-state index < -0.39 is 0 Å². The van der Waals surface area contributed by atoms with Crippen LogP contribution in [0.5, 0.6) is 0 Å². The molecule has 9 heavy (non-hydrogen) atoms. The Kier molecular flexibility index (Phi) is 8.72. The van der Waals surface area contributed by atoms with Crippen molar-refractivity contribution in [1.82, 2.24) is 0 Å². The summed E-state index contributed by atoms with van der Waals surface area (Å²) >= 11 is 0. The summed E-state index contributed by atoms with van der Waals surface area (Å²) in [4.78, 5) is 9.87. The summed E-state index contributed by atoms with van der Waals surface area (Å²) in [6, 6.07) is 0. The van der Waals surface area contributed by atoms with Crippen LogP contribution in [0.4, 0.5) is 0 Å². The first-order valence-corrected chi connectivity index (χ1v) is 2.15. The summed E-state index contributed by atoms with van der Waals surface area (Å²) in [5.41, 5.74) is 0. The van der Waals surface area contributed by atoms with Gasteiger partial charge in [-0.2, -0.15) is 0 Å². The van der Waals surface area contributed by atoms with Gasteiger partial charge in [-0.25, -0.2) is 0 Å². The van der Waals surface area contributed by atoms with Gasteiger partial charge in [0, 0.05) is 0 Å². The van der Waals surface area contributed by atoms with E-state index in [1.807, 2.05) is 6.08 Å². The summed E-state index contributed by atoms with van der Waals surface area (Å²) in [6.07, 6.45) is 9.03. The summed E-state index contributed by atoms with van der Waals surface area (Å²) < 4.78 is 0. The molecule has 0 fully saturated rings. The van der Waals surface area contributed by atoms with E-state index in [0.29, 0.717) is 0 Å². The molecule has 0 aliphatic heterocycles. The van der Waals surface area contributed by atoms with Crippen molar-refractivity contribution in [3.05, 3.63) is 24.3 Å². The van der Waals surface area contributed by atoms with Gasteiger partial charge in [0.2, 0.25) is 0 Å². The van der Waals surface area contributed by atoms with Crippen LogP contribution in [-0.4, -0.2) is 6.29 Å². The molecule has 1 unspecified atom stereocenters. The maximum Gasteiger partial charge on any atom is 1.00 e. The van der Waals surface area contributed by atoms with Crippen molar-refractivity contribution in [2.45, 2.75) is 0 Å². The zero-order chi connectivity index (χ0) is 5.11. The molecule has 1 aliphatic rings. The molecule has 0 aromatic carbocycles. The number of hydrogen-bond acceptors (Lipinski definition) is 1. The Morgan fingerprint density at radius 3 is 2.44 bits per heavy atom. The van der Waals surface area contributed by atoms with Crippen LogP contribution in [-0.2, 0) is 32.5 Å². The molecule has 0 bridgehead atoms. The average Bonchev–Trinajstić information content (AvgIpc) is 2.14. The molecule has 0 amide bonds. The number of allylic oxidation sites excluding steroid dienone is 4. The number of aldehydes is 1. The molecule has 0 spiro atoms. The zero-order valence-electron chi connectivity index (χ0n) is 4.88. The molecule has 2 radical (unpaired) electrons. The van der Waals surface area contributed by atoms with Gasteiger partial charge in [-0.15, -0.1) is 0 Å². The third kappa shape index (κ3) is 3.87. The second-order valence-corrected chi connectivity index (χ2v) is 1.38. The van der Waals surface area contributed by atoms with Gasteiger partial charge < -0.3 is 17.2 Å². The SMILES string of the molecule is O=CC1[C]=CC=C1.[Cl-].[Hg+]. The topological polar surface area (TPSA) is 17.1 Å². The monoisotopic (exact) mass is 330 g/mol. The number of hydrogen-bond donors (Lipinski definition) is 0. The Morgan fingerprint density at radius 2 is 2.22 bits per heavy atom. The van der Waals surface area contributed by atoms with Gasteiger partial charge in [-0.05, 0) is 6.08 Å². The molecule has 1 aliphatic carbocycles. The molecule has 3 heteroatoms. The van der Waals surface area contributed by atoms with Gasteiger partial charge in [0.25, 0.3) is 0 Å². The average molecular weight is 329 g/mol. The molecule has 44 valence electrons. The fourth-order valence-electron chi connectivity index (χ4n) is 0.482. The van der Waals surface area contributed by atoms with E-state index >= 15 is 0 Å². The molecule has 0 N–H and O–H groups in total. The number of carbonyl (C=O) groups excluding carboxylic acids is 1. The second kappa shape index (κ2) is 6.49. The van der Waals surface area contributed by atoms with E-state index in [4.69, 9.17) is 0 Å². The second-order valence-electron chi connectivity index (χ2n) is 1.38. The number of rotatable bonds is 1. The van der Waals surface area contributed by atoms with E-state index in [-0.39, 0.29) is 46.0 Å². The van der Waals surface area contributed by atoms with Gasteiger partial charge in [0.15, 0.2) is 0 Å². The molecular weight excluding hydrogens is 324 g/mol. The van der Waals surface area contributed by atoms with Crippen molar-refractivity contribution >= 4 is 6.29 Å². The van der Waals surface area contributed by atoms with Gasteiger partial charge in [0.1, 0.15) is 6.29 Å². The number of carbonyl (C=O) groups is 1. The summed E-state index contributed by atoms with van der Waals surface area (Å²) in [5, 5.41) is 0. The van der Waals surface area contributed by atoms with E-state index in [2.05, 4.69) is 6.08 Å². The van der Waals surface area contributed by atoms with Gasteiger partial charge in [-0.3, -0.25) is 0 Å². The minimum atomic E-state index is -0.0694. The van der Waals surface area contributed by atoms with Crippen LogP contribution < -0.4 is 12.4 Å². The van der Waals surface area contributed by atoms with Crippen molar-refractivity contribution in [2.24, 2.45) is 5.92 Å². The first kappa shape index (κ1) is 12.1. The van der Waals surface area contributed by atoms with Crippen LogP contribution in [0, 0.1) is 12.0 Å². The zero-order valence-corrected chi connectivity index (χ0v) is 11.1. The Morgan fingerprint density at radius 1 is 1.56 bits per heavy atom. The van der Waals surface area contributed by atoms with Crippen LogP contribution in [0.2, 0.25) is 0 Å². The Balaban J connectivity index is 0. The van der Waals surface area contributed by atoms with Crippen molar-refractivity contribution in [2.75, 3.05) is 0 Å². The maximum atomic E-state index is 9.87. The Labute approximate surface area is 81.1 Å². The molecule has 1 nitrogen and oxygen atoms in total. The summed E-state index contributed by atoms with van der Waals surface area (Å²) in [6.45, 7) is 0. The molecule has 0 heterocycles. The van der Waals surface area contributed by atoms with Crippen molar-refractivity contribution in [3.63, 3.8) is 0 Å². The quantitative estimate of drug-likeness (QED) is 0.392. The van der Waals surface area contributed by atoms with E-state index in [1.54, 1.807) is 12.2 Å². The first-order chi connectivity index (χ1) is 3.43. The maximum absolute atomic E-state index is 9.87. The van der Waals surface area contributed by atoms with Crippen LogP contribution in [0.1, 0.15) is 0 Å². The van der Waals surface area contributed by atoms with Crippen LogP contribution in [0.25, 0.3) is 0 Å². The smallest absolute Gasteiger partial charge is 1.00 e. The molecule has 0 aromatic heterocycles. The fraction of sp³-hybridized carbons (Fsp3) is 0.167. The van der Waals surface area contributed by atoms with E-state index in [0.717, 1.165) is 6.29 Å². The molecule has 1 atom stereocenters. The Bertz CT molecular complexity index is 119. The van der Waals surface area contributed by atoms with Crippen molar-refractivity contribution in [1.29, 1.82) is 0 Å². The van der Waals surface area contributed by atoms with E-state index in [9.17, 15) is 4.79 Å². The predicted molar refractivity (Wildman–Crippen MR) is 26.5 cm³/mol. The fourth-order valence-corrected chi connectivity index (χ4v) is 0.482. The molecular formula is C6H5ClHgO. The molecule has 0 saturated heterocycles. The molecule has 0 aromatic rings. The molecule has 0 saturated carbocycles. The van der Waals surface area contributed by atoms with Crippen molar-refractivity contribution in [3.8, 4) is 0 Å². The van der Waals surface area contributed by atoms with Crippen LogP contribution in [0.3, 0.4) is 0 Å². The van der Waals surface area contributed by atoms with E-state index in [1.165, 1.54) is 0 Å². The Hall–Kier alpha value is 0.375. The minimum Gasteiger partial charge on any atom is -1.00 e.